The number of carbonyl (C=O) groups is 2. The summed E-state index contributed by atoms with van der Waals surface area (Å²) in [5.41, 5.74) is 1.70. The average molecular weight is 566 g/mol. The molecule has 2 N–H and O–H groups in total. The van der Waals surface area contributed by atoms with E-state index in [0.29, 0.717) is 22.8 Å². The van der Waals surface area contributed by atoms with Gasteiger partial charge in [0, 0.05) is 51.4 Å². The van der Waals surface area contributed by atoms with Crippen LogP contribution in [0.4, 0.5) is 5.69 Å². The quantitative estimate of drug-likeness (QED) is 0.0922. The van der Waals surface area contributed by atoms with Crippen LogP contribution in [0.2, 0.25) is 10.0 Å². The van der Waals surface area contributed by atoms with Gasteiger partial charge in [-0.2, -0.15) is 0 Å². The Morgan fingerprint density at radius 3 is 2.64 bits per heavy atom. The molecule has 3 aromatic carbocycles. The van der Waals surface area contributed by atoms with Crippen molar-refractivity contribution in [1.29, 1.82) is 0 Å². The number of fused-ring (bicyclic) bond motifs is 1. The van der Waals surface area contributed by atoms with E-state index in [2.05, 4.69) is 4.98 Å². The first kappa shape index (κ1) is 26.3. The molecule has 0 aliphatic carbocycles. The smallest absolute Gasteiger partial charge is 0.295 e. The number of hydrogen-bond donors (Lipinski definition) is 2. The number of methoxy groups -OCH3 is 1. The van der Waals surface area contributed by atoms with Gasteiger partial charge in [0.25, 0.3) is 17.4 Å². The summed E-state index contributed by atoms with van der Waals surface area (Å²) in [6.45, 7) is 0.115. The van der Waals surface area contributed by atoms with Crippen LogP contribution in [0, 0.1) is 10.1 Å². The molecule has 5 rings (SSSR count). The fourth-order valence-electron chi connectivity index (χ4n) is 4.81. The number of benzene rings is 3. The number of Topliss-reactive ketones (excluding diaryl/α,β-unsaturated/α-hetero) is 1. The Kier molecular flexibility index (Phi) is 7.03. The summed E-state index contributed by atoms with van der Waals surface area (Å²) in [6, 6.07) is 14.4. The zero-order valence-electron chi connectivity index (χ0n) is 20.5. The maximum Gasteiger partial charge on any atom is 0.295 e. The molecule has 9 nitrogen and oxygen atoms in total. The van der Waals surface area contributed by atoms with Crippen LogP contribution in [0.5, 0.6) is 5.75 Å². The molecule has 198 valence electrons. The number of non-ortho nitro benzene ring substituents is 1. The molecule has 2 heterocycles. The van der Waals surface area contributed by atoms with Gasteiger partial charge in [-0.1, -0.05) is 41.4 Å². The fourth-order valence-corrected chi connectivity index (χ4v) is 5.32. The lowest BCUT2D eigenvalue weighted by Gasteiger charge is -2.26. The number of aliphatic hydroxyl groups excluding tert-OH is 1. The third-order valence-electron chi connectivity index (χ3n) is 6.72. The maximum absolute atomic E-state index is 13.3. The number of hydrogen-bond acceptors (Lipinski definition) is 6. The highest BCUT2D eigenvalue weighted by Crippen LogP contribution is 2.43. The van der Waals surface area contributed by atoms with Gasteiger partial charge in [-0.15, -0.1) is 0 Å². The second kappa shape index (κ2) is 10.4. The van der Waals surface area contributed by atoms with Gasteiger partial charge < -0.3 is 19.7 Å². The van der Waals surface area contributed by atoms with Gasteiger partial charge in [0.15, 0.2) is 0 Å². The van der Waals surface area contributed by atoms with Gasteiger partial charge in [-0.25, -0.2) is 0 Å². The maximum atomic E-state index is 13.3. The van der Waals surface area contributed by atoms with E-state index < -0.39 is 28.4 Å². The fraction of sp³-hybridized carbons (Fsp3) is 0.143. The Labute approximate surface area is 232 Å². The Morgan fingerprint density at radius 2 is 1.92 bits per heavy atom. The lowest BCUT2D eigenvalue weighted by atomic mass is 9.95. The minimum atomic E-state index is -1.05. The van der Waals surface area contributed by atoms with Crippen molar-refractivity contribution in [3.63, 3.8) is 0 Å². The molecule has 1 atom stereocenters. The summed E-state index contributed by atoms with van der Waals surface area (Å²) in [5, 5.41) is 24.0. The third-order valence-corrected chi connectivity index (χ3v) is 7.29. The van der Waals surface area contributed by atoms with E-state index in [-0.39, 0.29) is 28.4 Å². The predicted octanol–water partition coefficient (Wildman–Crippen LogP) is 6.06. The van der Waals surface area contributed by atoms with Gasteiger partial charge in [0.1, 0.15) is 11.5 Å². The molecule has 0 spiro atoms. The topological polar surface area (TPSA) is 126 Å². The molecule has 1 saturated heterocycles. The highest BCUT2D eigenvalue weighted by molar-refractivity contribution is 6.47. The van der Waals surface area contributed by atoms with Crippen LogP contribution in [0.3, 0.4) is 0 Å². The van der Waals surface area contributed by atoms with Crippen molar-refractivity contribution >= 4 is 57.2 Å². The van der Waals surface area contributed by atoms with Crippen LogP contribution in [0.1, 0.15) is 22.7 Å². The number of H-pyrrole nitrogens is 1. The molecule has 1 aliphatic rings. The number of aromatic amines is 1. The third kappa shape index (κ3) is 4.82. The van der Waals surface area contributed by atoms with Gasteiger partial charge in [-0.05, 0) is 47.9 Å². The molecule has 1 amide bonds. The van der Waals surface area contributed by atoms with Crippen LogP contribution in [0.15, 0.2) is 72.4 Å². The minimum Gasteiger partial charge on any atom is -0.507 e. The van der Waals surface area contributed by atoms with Crippen molar-refractivity contribution in [3.8, 4) is 5.75 Å². The van der Waals surface area contributed by atoms with E-state index >= 15 is 0 Å². The van der Waals surface area contributed by atoms with E-state index in [4.69, 9.17) is 27.9 Å². The number of ether oxygens (including phenoxy) is 1. The van der Waals surface area contributed by atoms with Crippen molar-refractivity contribution in [2.75, 3.05) is 13.7 Å². The normalized spacial score (nSPS) is 16.7. The monoisotopic (exact) mass is 565 g/mol. The number of amides is 1. The Morgan fingerprint density at radius 1 is 1.13 bits per heavy atom. The molecule has 0 unspecified atom stereocenters. The minimum absolute atomic E-state index is 0.0287. The van der Waals surface area contributed by atoms with E-state index in [1.165, 1.54) is 29.2 Å². The zero-order chi connectivity index (χ0) is 27.8. The number of carbonyl (C=O) groups excluding carboxylic acids is 2. The second-order valence-corrected chi connectivity index (χ2v) is 9.78. The first-order valence-electron chi connectivity index (χ1n) is 11.8. The zero-order valence-corrected chi connectivity index (χ0v) is 22.0. The molecule has 1 aliphatic heterocycles. The van der Waals surface area contributed by atoms with Gasteiger partial charge in [-0.3, -0.25) is 19.7 Å². The number of nitro benzene ring substituents is 1. The molecular formula is C28H21Cl2N3O6. The van der Waals surface area contributed by atoms with Crippen molar-refractivity contribution in [2.45, 2.75) is 12.5 Å². The largest absolute Gasteiger partial charge is 0.507 e. The number of likely N-dealkylation sites (tertiary alicyclic amines) is 1. The van der Waals surface area contributed by atoms with Crippen LogP contribution in [-0.4, -0.2) is 45.3 Å². The highest BCUT2D eigenvalue weighted by Gasteiger charge is 2.46. The van der Waals surface area contributed by atoms with E-state index in [1.807, 2.05) is 24.4 Å². The molecular weight excluding hydrogens is 545 g/mol. The second-order valence-electron chi connectivity index (χ2n) is 8.94. The average Bonchev–Trinajstić information content (AvgIpc) is 3.44. The first-order chi connectivity index (χ1) is 18.7. The Balaban J connectivity index is 1.59. The Bertz CT molecular complexity index is 1680. The highest BCUT2D eigenvalue weighted by atomic mass is 35.5. The number of nitro groups is 1. The molecule has 1 fully saturated rings. The number of nitrogens with zero attached hydrogens (tertiary/aromatic N) is 2. The van der Waals surface area contributed by atoms with Gasteiger partial charge in [0.05, 0.1) is 23.6 Å². The van der Waals surface area contributed by atoms with Crippen molar-refractivity contribution in [3.05, 3.63) is 109 Å². The number of nitrogens with one attached hydrogen (secondary N) is 1. The molecule has 0 bridgehead atoms. The van der Waals surface area contributed by atoms with E-state index in [1.54, 1.807) is 19.2 Å². The summed E-state index contributed by atoms with van der Waals surface area (Å²) in [4.78, 5) is 41.9. The lowest BCUT2D eigenvalue weighted by molar-refractivity contribution is -0.384. The number of aliphatic hydroxyl groups is 1. The van der Waals surface area contributed by atoms with Crippen LogP contribution >= 0.6 is 23.2 Å². The van der Waals surface area contributed by atoms with Crippen molar-refractivity contribution in [2.24, 2.45) is 0 Å². The van der Waals surface area contributed by atoms with Gasteiger partial charge >= 0.3 is 0 Å². The lowest BCUT2D eigenvalue weighted by Crippen LogP contribution is -2.31. The molecule has 0 saturated carbocycles. The van der Waals surface area contributed by atoms with Crippen LogP contribution in [0.25, 0.3) is 16.7 Å². The molecule has 39 heavy (non-hydrogen) atoms. The summed E-state index contributed by atoms with van der Waals surface area (Å²) < 4.78 is 5.33. The summed E-state index contributed by atoms with van der Waals surface area (Å²) in [5.74, 6) is -1.60. The predicted molar refractivity (Wildman–Crippen MR) is 147 cm³/mol. The van der Waals surface area contributed by atoms with Crippen molar-refractivity contribution < 1.29 is 24.4 Å². The van der Waals surface area contributed by atoms with Gasteiger partial charge in [0.2, 0.25) is 0 Å². The molecule has 1 aromatic heterocycles. The number of halogens is 2. The summed E-state index contributed by atoms with van der Waals surface area (Å²) in [6.07, 6.45) is 2.20. The summed E-state index contributed by atoms with van der Waals surface area (Å²) >= 11 is 12.6. The first-order valence-corrected chi connectivity index (χ1v) is 12.6. The molecule has 0 radical (unpaired) electrons. The Hall–Kier alpha value is -4.34. The van der Waals surface area contributed by atoms with E-state index in [0.717, 1.165) is 22.5 Å². The number of aromatic nitrogens is 1. The van der Waals surface area contributed by atoms with Crippen LogP contribution < -0.4 is 4.74 Å². The standard InChI is InChI=1S/C28H21Cl2N3O6/c1-39-19-6-8-23-21(13-19)16(14-31-23)9-10-32-25(20-7-5-17(29)12-22(20)30)24(27(35)28(32)36)26(34)15-3-2-4-18(11-15)33(37)38/h2-8,11-14,25,31,34H,9-10H2,1H3/t25-/m0/s1. The van der Waals surface area contributed by atoms with Crippen molar-refractivity contribution in [1.82, 2.24) is 9.88 Å². The summed E-state index contributed by atoms with van der Waals surface area (Å²) in [7, 11) is 1.57. The van der Waals surface area contributed by atoms with E-state index in [9.17, 15) is 24.8 Å². The molecule has 4 aromatic rings. The number of ketones is 1. The van der Waals surface area contributed by atoms with Crippen LogP contribution in [-0.2, 0) is 16.0 Å². The SMILES string of the molecule is COc1ccc2[nH]cc(CCN3C(=O)C(=O)C(=C(O)c4cccc([N+](=O)[O-])c4)[C@@H]3c3ccc(Cl)cc3Cl)c2c1. The number of rotatable bonds is 7. The molecule has 11 heteroatoms.